The summed E-state index contributed by atoms with van der Waals surface area (Å²) in [5.74, 6) is 0. The Morgan fingerprint density at radius 3 is 1.08 bits per heavy atom. The predicted octanol–water partition coefficient (Wildman–Crippen LogP) is 2.73. The van der Waals surface area contributed by atoms with E-state index in [-0.39, 0.29) is 11.1 Å². The number of aliphatic imine (C=N–C) groups is 2. The second kappa shape index (κ2) is 3.83. The van der Waals surface area contributed by atoms with Crippen LogP contribution in [-0.4, -0.2) is 23.5 Å². The van der Waals surface area contributed by atoms with Gasteiger partial charge in [-0.15, -0.1) is 0 Å². The molecule has 0 aliphatic carbocycles. The molecule has 0 heterocycles. The molecule has 0 saturated heterocycles. The molecule has 12 heavy (non-hydrogen) atoms. The molecule has 0 unspecified atom stereocenters. The van der Waals surface area contributed by atoms with Crippen molar-refractivity contribution in [2.45, 2.75) is 52.6 Å². The van der Waals surface area contributed by atoms with E-state index in [4.69, 9.17) is 0 Å². The minimum absolute atomic E-state index is 0.00387. The molecule has 2 nitrogen and oxygen atoms in total. The fraction of sp³-hybridized carbons (Fsp3) is 0.800. The van der Waals surface area contributed by atoms with Crippen LogP contribution in [-0.2, 0) is 0 Å². The van der Waals surface area contributed by atoms with Crippen molar-refractivity contribution >= 4 is 12.4 Å². The third-order valence-corrected chi connectivity index (χ3v) is 0.990. The van der Waals surface area contributed by atoms with Gasteiger partial charge in [-0.25, -0.2) is 0 Å². The predicted molar refractivity (Wildman–Crippen MR) is 56.5 cm³/mol. The van der Waals surface area contributed by atoms with Gasteiger partial charge < -0.3 is 0 Å². The Kier molecular flexibility index (Phi) is 3.62. The Balaban J connectivity index is 4.00. The van der Waals surface area contributed by atoms with Crippen LogP contribution in [0.1, 0.15) is 41.5 Å². The SMILES string of the molecule is CC(C)(C)N=C/C=N/C(C)(C)C. The molecular weight excluding hydrogens is 148 g/mol. The molecule has 0 amide bonds. The molecule has 2 heteroatoms. The molecule has 0 rings (SSSR count). The molecule has 0 atom stereocenters. The molecule has 0 aromatic carbocycles. The van der Waals surface area contributed by atoms with Crippen molar-refractivity contribution < 1.29 is 0 Å². The minimum atomic E-state index is 0.00387. The Hall–Kier alpha value is -0.660. The summed E-state index contributed by atoms with van der Waals surface area (Å²) in [5, 5.41) is 0. The quantitative estimate of drug-likeness (QED) is 0.538. The average Bonchev–Trinajstić information content (AvgIpc) is 1.76. The first-order chi connectivity index (χ1) is 5.21. The van der Waals surface area contributed by atoms with E-state index >= 15 is 0 Å². The molecule has 0 spiro atoms. The zero-order valence-corrected chi connectivity index (χ0v) is 9.05. The molecule has 70 valence electrons. The maximum absolute atomic E-state index is 4.29. The lowest BCUT2D eigenvalue weighted by Crippen LogP contribution is -2.12. The monoisotopic (exact) mass is 168 g/mol. The topological polar surface area (TPSA) is 24.7 Å². The Bertz CT molecular complexity index is 155. The van der Waals surface area contributed by atoms with Crippen molar-refractivity contribution in [3.8, 4) is 0 Å². The third-order valence-electron chi connectivity index (χ3n) is 0.990. The van der Waals surface area contributed by atoms with Crippen LogP contribution in [0.25, 0.3) is 0 Å². The second-order valence-electron chi connectivity index (χ2n) is 4.90. The molecule has 0 bridgehead atoms. The normalized spacial score (nSPS) is 14.8. The largest absolute Gasteiger partial charge is 0.286 e. The van der Waals surface area contributed by atoms with E-state index in [1.165, 1.54) is 0 Å². The van der Waals surface area contributed by atoms with Crippen LogP contribution in [0.5, 0.6) is 0 Å². The lowest BCUT2D eigenvalue weighted by Gasteiger charge is -2.11. The fourth-order valence-electron chi connectivity index (χ4n) is 0.514. The van der Waals surface area contributed by atoms with E-state index < -0.39 is 0 Å². The first-order valence-corrected chi connectivity index (χ1v) is 4.30. The van der Waals surface area contributed by atoms with E-state index in [1.807, 2.05) is 0 Å². The van der Waals surface area contributed by atoms with Crippen LogP contribution < -0.4 is 0 Å². The molecule has 0 aliphatic rings. The third kappa shape index (κ3) is 9.34. The van der Waals surface area contributed by atoms with Crippen molar-refractivity contribution in [3.63, 3.8) is 0 Å². The van der Waals surface area contributed by atoms with Gasteiger partial charge in [-0.1, -0.05) is 0 Å². The van der Waals surface area contributed by atoms with E-state index in [9.17, 15) is 0 Å². The zero-order chi connectivity index (χ0) is 9.83. The number of hydrogen-bond donors (Lipinski definition) is 0. The van der Waals surface area contributed by atoms with Gasteiger partial charge in [0.15, 0.2) is 0 Å². The van der Waals surface area contributed by atoms with E-state index in [0.717, 1.165) is 0 Å². The van der Waals surface area contributed by atoms with Crippen molar-refractivity contribution in [3.05, 3.63) is 0 Å². The lowest BCUT2D eigenvalue weighted by atomic mass is 10.1. The molecule has 0 aliphatic heterocycles. The number of rotatable bonds is 1. The summed E-state index contributed by atoms with van der Waals surface area (Å²) in [6.45, 7) is 12.4. The van der Waals surface area contributed by atoms with Gasteiger partial charge in [0.05, 0.1) is 11.1 Å². The van der Waals surface area contributed by atoms with E-state index in [0.29, 0.717) is 0 Å². The molecule has 0 aromatic rings. The van der Waals surface area contributed by atoms with Gasteiger partial charge in [-0.2, -0.15) is 0 Å². The highest BCUT2D eigenvalue weighted by atomic mass is 14.8. The smallest absolute Gasteiger partial charge is 0.0524 e. The van der Waals surface area contributed by atoms with Crippen molar-refractivity contribution in [2.75, 3.05) is 0 Å². The maximum atomic E-state index is 4.29. The highest BCUT2D eigenvalue weighted by Gasteiger charge is 2.05. The average molecular weight is 168 g/mol. The van der Waals surface area contributed by atoms with Gasteiger partial charge in [0, 0.05) is 12.4 Å². The summed E-state index contributed by atoms with van der Waals surface area (Å²) in [6, 6.07) is 0. The van der Waals surface area contributed by atoms with E-state index in [1.54, 1.807) is 12.4 Å². The number of hydrogen-bond acceptors (Lipinski definition) is 2. The van der Waals surface area contributed by atoms with Gasteiger partial charge in [0.1, 0.15) is 0 Å². The van der Waals surface area contributed by atoms with Gasteiger partial charge >= 0.3 is 0 Å². The van der Waals surface area contributed by atoms with Gasteiger partial charge in [-0.3, -0.25) is 9.98 Å². The van der Waals surface area contributed by atoms with Gasteiger partial charge in [0.2, 0.25) is 0 Å². The summed E-state index contributed by atoms with van der Waals surface area (Å²) >= 11 is 0. The molecule has 0 saturated carbocycles. The van der Waals surface area contributed by atoms with Crippen LogP contribution in [0.3, 0.4) is 0 Å². The second-order valence-corrected chi connectivity index (χ2v) is 4.90. The Morgan fingerprint density at radius 2 is 0.917 bits per heavy atom. The summed E-state index contributed by atoms with van der Waals surface area (Å²) < 4.78 is 0. The molecule has 0 N–H and O–H groups in total. The van der Waals surface area contributed by atoms with Crippen LogP contribution in [0, 0.1) is 0 Å². The van der Waals surface area contributed by atoms with Gasteiger partial charge in [-0.05, 0) is 41.5 Å². The first kappa shape index (κ1) is 11.3. The minimum Gasteiger partial charge on any atom is -0.286 e. The summed E-state index contributed by atoms with van der Waals surface area (Å²) in [5.41, 5.74) is 0.00775. The Labute approximate surface area is 75.8 Å². The maximum Gasteiger partial charge on any atom is 0.0524 e. The van der Waals surface area contributed by atoms with E-state index in [2.05, 4.69) is 51.5 Å². The molecule has 0 fully saturated rings. The standard InChI is InChI=1S/C10H20N2/c1-9(2,3)11-7-8-12-10(4,5)6/h7-8H,1-6H3/b11-7+,12-8?. The Morgan fingerprint density at radius 1 is 0.667 bits per heavy atom. The van der Waals surface area contributed by atoms with Crippen molar-refractivity contribution in [1.82, 2.24) is 0 Å². The van der Waals surface area contributed by atoms with Crippen LogP contribution in [0.4, 0.5) is 0 Å². The van der Waals surface area contributed by atoms with Crippen molar-refractivity contribution in [2.24, 2.45) is 9.98 Å². The molecular formula is C10H20N2. The fourth-order valence-corrected chi connectivity index (χ4v) is 0.514. The first-order valence-electron chi connectivity index (χ1n) is 4.30. The summed E-state index contributed by atoms with van der Waals surface area (Å²) in [7, 11) is 0. The number of nitrogens with zero attached hydrogens (tertiary/aromatic N) is 2. The molecule has 0 aromatic heterocycles. The highest BCUT2D eigenvalue weighted by Crippen LogP contribution is 2.05. The van der Waals surface area contributed by atoms with Crippen LogP contribution in [0.15, 0.2) is 9.98 Å². The summed E-state index contributed by atoms with van der Waals surface area (Å²) in [6.07, 6.45) is 3.54. The highest BCUT2D eigenvalue weighted by molar-refractivity contribution is 6.16. The lowest BCUT2D eigenvalue weighted by molar-refractivity contribution is 0.583. The van der Waals surface area contributed by atoms with Crippen LogP contribution in [0.2, 0.25) is 0 Å². The van der Waals surface area contributed by atoms with Crippen molar-refractivity contribution in [1.29, 1.82) is 0 Å². The molecule has 0 radical (unpaired) electrons. The zero-order valence-electron chi connectivity index (χ0n) is 9.05. The van der Waals surface area contributed by atoms with Crippen LogP contribution >= 0.6 is 0 Å². The summed E-state index contributed by atoms with van der Waals surface area (Å²) in [4.78, 5) is 8.57. The van der Waals surface area contributed by atoms with Gasteiger partial charge in [0.25, 0.3) is 0 Å².